The Labute approximate surface area is 75.3 Å². The van der Waals surface area contributed by atoms with E-state index < -0.39 is 0 Å². The van der Waals surface area contributed by atoms with E-state index in [1.807, 2.05) is 6.07 Å². The van der Waals surface area contributed by atoms with Crippen molar-refractivity contribution in [3.8, 4) is 6.07 Å². The largest absolute Gasteiger partial charge is 0.302 e. The molecule has 62 valence electrons. The van der Waals surface area contributed by atoms with Crippen molar-refractivity contribution in [3.63, 3.8) is 0 Å². The molecule has 12 heavy (non-hydrogen) atoms. The van der Waals surface area contributed by atoms with Crippen molar-refractivity contribution >= 4 is 17.7 Å². The summed E-state index contributed by atoms with van der Waals surface area (Å²) in [6, 6.07) is 1.91. The summed E-state index contributed by atoms with van der Waals surface area (Å²) in [6.07, 6.45) is 3.04. The van der Waals surface area contributed by atoms with Gasteiger partial charge in [-0.15, -0.1) is 6.58 Å². The SMILES string of the molecule is C=CCN1C(=O)CSC1=CC#N. The molecule has 4 heteroatoms. The molecule has 1 aliphatic heterocycles. The van der Waals surface area contributed by atoms with Crippen molar-refractivity contribution in [1.82, 2.24) is 4.90 Å². The number of hydrogen-bond acceptors (Lipinski definition) is 3. The lowest BCUT2D eigenvalue weighted by atomic mass is 10.5. The van der Waals surface area contributed by atoms with Gasteiger partial charge in [-0.2, -0.15) is 5.26 Å². The summed E-state index contributed by atoms with van der Waals surface area (Å²) in [5.41, 5.74) is 0. The van der Waals surface area contributed by atoms with Crippen molar-refractivity contribution < 1.29 is 4.79 Å². The molecular weight excluding hydrogens is 172 g/mol. The maximum Gasteiger partial charge on any atom is 0.238 e. The minimum absolute atomic E-state index is 0.0430. The van der Waals surface area contributed by atoms with E-state index in [9.17, 15) is 4.79 Å². The molecule has 0 bridgehead atoms. The van der Waals surface area contributed by atoms with Crippen LogP contribution < -0.4 is 0 Å². The molecule has 0 radical (unpaired) electrons. The third-order valence-electron chi connectivity index (χ3n) is 1.41. The molecule has 1 aliphatic rings. The Kier molecular flexibility index (Phi) is 2.94. The fourth-order valence-corrected chi connectivity index (χ4v) is 1.81. The molecule has 0 spiro atoms. The summed E-state index contributed by atoms with van der Waals surface area (Å²) >= 11 is 1.39. The van der Waals surface area contributed by atoms with Crippen LogP contribution in [0.25, 0.3) is 0 Å². The molecule has 1 saturated heterocycles. The third kappa shape index (κ3) is 1.69. The maximum absolute atomic E-state index is 11.2. The van der Waals surface area contributed by atoms with Crippen LogP contribution in [0.5, 0.6) is 0 Å². The number of hydrogen-bond donors (Lipinski definition) is 0. The van der Waals surface area contributed by atoms with E-state index in [2.05, 4.69) is 6.58 Å². The number of allylic oxidation sites excluding steroid dienone is 1. The molecule has 0 saturated carbocycles. The Morgan fingerprint density at radius 2 is 2.58 bits per heavy atom. The van der Waals surface area contributed by atoms with Gasteiger partial charge in [0.25, 0.3) is 0 Å². The Hall–Kier alpha value is -1.21. The van der Waals surface area contributed by atoms with Gasteiger partial charge in [0.2, 0.25) is 5.91 Å². The zero-order valence-corrected chi connectivity index (χ0v) is 7.30. The second kappa shape index (κ2) is 3.98. The van der Waals surface area contributed by atoms with Crippen molar-refractivity contribution in [2.45, 2.75) is 0 Å². The van der Waals surface area contributed by atoms with E-state index in [1.54, 1.807) is 11.0 Å². The lowest BCUT2D eigenvalue weighted by molar-refractivity contribution is -0.124. The molecule has 0 aromatic rings. The first-order valence-corrected chi connectivity index (χ1v) is 4.42. The van der Waals surface area contributed by atoms with Crippen LogP contribution in [0.15, 0.2) is 23.8 Å². The highest BCUT2D eigenvalue weighted by atomic mass is 32.2. The number of nitriles is 1. The van der Waals surface area contributed by atoms with Crippen LogP contribution in [-0.2, 0) is 4.79 Å². The topological polar surface area (TPSA) is 44.1 Å². The lowest BCUT2D eigenvalue weighted by Crippen LogP contribution is -2.24. The van der Waals surface area contributed by atoms with Crippen LogP contribution in [0.2, 0.25) is 0 Å². The van der Waals surface area contributed by atoms with E-state index in [1.165, 1.54) is 17.8 Å². The second-order valence-electron chi connectivity index (χ2n) is 2.19. The quantitative estimate of drug-likeness (QED) is 0.472. The molecule has 3 nitrogen and oxygen atoms in total. The fraction of sp³-hybridized carbons (Fsp3) is 0.250. The third-order valence-corrected chi connectivity index (χ3v) is 2.44. The standard InChI is InChI=1S/C8H8N2OS/c1-2-5-10-7(11)6-12-8(10)3-4-9/h2-3H,1,5-6H2. The lowest BCUT2D eigenvalue weighted by Gasteiger charge is -2.12. The van der Waals surface area contributed by atoms with Crippen LogP contribution in [0.4, 0.5) is 0 Å². The van der Waals surface area contributed by atoms with Crippen molar-refractivity contribution in [2.24, 2.45) is 0 Å². The van der Waals surface area contributed by atoms with Gasteiger partial charge < -0.3 is 4.90 Å². The van der Waals surface area contributed by atoms with E-state index in [4.69, 9.17) is 5.26 Å². The first kappa shape index (κ1) is 8.88. The average Bonchev–Trinajstić information content (AvgIpc) is 2.37. The molecule has 0 N–H and O–H groups in total. The number of carbonyl (C=O) groups excluding carboxylic acids is 1. The van der Waals surface area contributed by atoms with Crippen LogP contribution in [-0.4, -0.2) is 23.1 Å². The number of thioether (sulfide) groups is 1. The normalized spacial score (nSPS) is 19.8. The highest BCUT2D eigenvalue weighted by Gasteiger charge is 2.24. The zero-order valence-electron chi connectivity index (χ0n) is 6.49. The van der Waals surface area contributed by atoms with Gasteiger partial charge >= 0.3 is 0 Å². The second-order valence-corrected chi connectivity index (χ2v) is 3.19. The number of rotatable bonds is 2. The summed E-state index contributed by atoms with van der Waals surface area (Å²) in [6.45, 7) is 4.03. The summed E-state index contributed by atoms with van der Waals surface area (Å²) in [5, 5.41) is 9.12. The van der Waals surface area contributed by atoms with E-state index in [-0.39, 0.29) is 5.91 Å². The van der Waals surface area contributed by atoms with Crippen LogP contribution in [0, 0.1) is 11.3 Å². The minimum Gasteiger partial charge on any atom is -0.302 e. The van der Waals surface area contributed by atoms with Crippen LogP contribution in [0.1, 0.15) is 0 Å². The summed E-state index contributed by atoms with van der Waals surface area (Å²) in [4.78, 5) is 12.7. The van der Waals surface area contributed by atoms with Gasteiger partial charge in [0.05, 0.1) is 16.9 Å². The first-order chi connectivity index (χ1) is 5.79. The predicted molar refractivity (Wildman–Crippen MR) is 48.1 cm³/mol. The zero-order chi connectivity index (χ0) is 8.97. The smallest absolute Gasteiger partial charge is 0.238 e. The molecule has 1 rings (SSSR count). The van der Waals surface area contributed by atoms with Crippen LogP contribution >= 0.6 is 11.8 Å². The Morgan fingerprint density at radius 3 is 3.17 bits per heavy atom. The number of carbonyl (C=O) groups is 1. The van der Waals surface area contributed by atoms with E-state index in [0.29, 0.717) is 12.3 Å². The van der Waals surface area contributed by atoms with Gasteiger partial charge in [0.15, 0.2) is 0 Å². The fourth-order valence-electron chi connectivity index (χ4n) is 0.910. The minimum atomic E-state index is 0.0430. The Bertz CT molecular complexity index is 277. The van der Waals surface area contributed by atoms with Gasteiger partial charge in [0, 0.05) is 12.6 Å². The summed E-state index contributed by atoms with van der Waals surface area (Å²) < 4.78 is 0. The van der Waals surface area contributed by atoms with Crippen LogP contribution in [0.3, 0.4) is 0 Å². The monoisotopic (exact) mass is 180 g/mol. The predicted octanol–water partition coefficient (Wildman–Crippen LogP) is 1.11. The van der Waals surface area contributed by atoms with E-state index in [0.717, 1.165) is 5.03 Å². The molecule has 0 aromatic carbocycles. The molecule has 0 unspecified atom stereocenters. The highest BCUT2D eigenvalue weighted by Crippen LogP contribution is 2.27. The first-order valence-electron chi connectivity index (χ1n) is 3.43. The molecule has 0 aromatic heterocycles. The average molecular weight is 180 g/mol. The molecule has 0 atom stereocenters. The number of amides is 1. The molecular formula is C8H8N2OS. The van der Waals surface area contributed by atoms with Gasteiger partial charge in [-0.3, -0.25) is 4.79 Å². The van der Waals surface area contributed by atoms with Gasteiger partial charge in [-0.25, -0.2) is 0 Å². The van der Waals surface area contributed by atoms with E-state index >= 15 is 0 Å². The van der Waals surface area contributed by atoms with Gasteiger partial charge in [0.1, 0.15) is 0 Å². The number of nitrogens with zero attached hydrogens (tertiary/aromatic N) is 2. The summed E-state index contributed by atoms with van der Waals surface area (Å²) in [5.74, 6) is 0.475. The van der Waals surface area contributed by atoms with Crippen molar-refractivity contribution in [3.05, 3.63) is 23.8 Å². The Morgan fingerprint density at radius 1 is 1.83 bits per heavy atom. The Balaban J connectivity index is 2.78. The molecule has 0 aliphatic carbocycles. The maximum atomic E-state index is 11.2. The molecule has 1 fully saturated rings. The highest BCUT2D eigenvalue weighted by molar-refractivity contribution is 8.04. The van der Waals surface area contributed by atoms with Gasteiger partial charge in [-0.05, 0) is 0 Å². The van der Waals surface area contributed by atoms with Gasteiger partial charge in [-0.1, -0.05) is 17.8 Å². The molecule has 1 heterocycles. The molecule has 1 amide bonds. The summed E-state index contributed by atoms with van der Waals surface area (Å²) in [7, 11) is 0. The van der Waals surface area contributed by atoms with Crippen molar-refractivity contribution in [1.29, 1.82) is 5.26 Å². The van der Waals surface area contributed by atoms with Crippen molar-refractivity contribution in [2.75, 3.05) is 12.3 Å².